The number of hydrogen-bond acceptors (Lipinski definition) is 3. The molecule has 0 fully saturated rings. The van der Waals surface area contributed by atoms with Crippen molar-refractivity contribution < 1.29 is 8.84 Å². The predicted octanol–water partition coefficient (Wildman–Crippen LogP) is 3.20. The first kappa shape index (κ1) is 11.5. The second kappa shape index (κ2) is 3.86. The van der Waals surface area contributed by atoms with E-state index in [1.54, 1.807) is 6.20 Å². The van der Waals surface area contributed by atoms with Gasteiger partial charge in [0.25, 0.3) is 0 Å². The molecule has 0 N–H and O–H groups in total. The summed E-state index contributed by atoms with van der Waals surface area (Å²) in [6, 6.07) is 0. The molecule has 1 heterocycles. The van der Waals surface area contributed by atoms with Crippen LogP contribution in [0.25, 0.3) is 0 Å². The average Bonchev–Trinajstić information content (AvgIpc) is 2.50. The Bertz CT molecular complexity index is 275. The lowest BCUT2D eigenvalue weighted by Crippen LogP contribution is -2.40. The fraction of sp³-hybridized carbons (Fsp3) is 0.700. The van der Waals surface area contributed by atoms with Crippen LogP contribution in [0, 0.1) is 0 Å². The van der Waals surface area contributed by atoms with Crippen molar-refractivity contribution in [2.24, 2.45) is 0 Å². The molecule has 0 aliphatic heterocycles. The van der Waals surface area contributed by atoms with Crippen molar-refractivity contribution in [3.63, 3.8) is 0 Å². The van der Waals surface area contributed by atoms with Gasteiger partial charge in [0.15, 0.2) is 14.7 Å². The van der Waals surface area contributed by atoms with Gasteiger partial charge in [-0.05, 0) is 18.1 Å². The fourth-order valence-corrected chi connectivity index (χ4v) is 1.72. The Balaban J connectivity index is 2.53. The molecule has 4 heteroatoms. The molecule has 0 aliphatic rings. The summed E-state index contributed by atoms with van der Waals surface area (Å²) >= 11 is 0. The van der Waals surface area contributed by atoms with Gasteiger partial charge in [-0.1, -0.05) is 20.8 Å². The number of hydrogen-bond donors (Lipinski definition) is 0. The minimum absolute atomic E-state index is 0.243. The first-order valence-corrected chi connectivity index (χ1v) is 7.75. The SMILES string of the molecule is CC(C)(C)[Si](C)(C)OCc1cnco1. The zero-order valence-electron chi connectivity index (χ0n) is 9.63. The van der Waals surface area contributed by atoms with E-state index in [1.807, 2.05) is 0 Å². The van der Waals surface area contributed by atoms with Crippen LogP contribution in [-0.2, 0) is 11.0 Å². The smallest absolute Gasteiger partial charge is 0.192 e. The topological polar surface area (TPSA) is 35.3 Å². The van der Waals surface area contributed by atoms with Crippen molar-refractivity contribution in [1.29, 1.82) is 0 Å². The van der Waals surface area contributed by atoms with Crippen LogP contribution >= 0.6 is 0 Å². The molecule has 1 aromatic heterocycles. The third-order valence-electron chi connectivity index (χ3n) is 2.86. The summed E-state index contributed by atoms with van der Waals surface area (Å²) in [5.74, 6) is 0.801. The van der Waals surface area contributed by atoms with Crippen molar-refractivity contribution in [2.45, 2.75) is 45.5 Å². The molecule has 0 amide bonds. The molecule has 0 bridgehead atoms. The first-order valence-electron chi connectivity index (χ1n) is 4.84. The van der Waals surface area contributed by atoms with Gasteiger partial charge in [-0.15, -0.1) is 0 Å². The van der Waals surface area contributed by atoms with Crippen molar-refractivity contribution in [2.75, 3.05) is 0 Å². The summed E-state index contributed by atoms with van der Waals surface area (Å²) < 4.78 is 11.1. The lowest BCUT2D eigenvalue weighted by molar-refractivity contribution is 0.246. The van der Waals surface area contributed by atoms with Crippen LogP contribution in [0.15, 0.2) is 17.0 Å². The quantitative estimate of drug-likeness (QED) is 0.723. The lowest BCUT2D eigenvalue weighted by atomic mass is 10.2. The largest absolute Gasteiger partial charge is 0.446 e. The lowest BCUT2D eigenvalue weighted by Gasteiger charge is -2.35. The van der Waals surface area contributed by atoms with Gasteiger partial charge in [-0.3, -0.25) is 0 Å². The van der Waals surface area contributed by atoms with Crippen LogP contribution in [-0.4, -0.2) is 13.3 Å². The molecular weight excluding hydrogens is 194 g/mol. The molecule has 0 unspecified atom stereocenters. The van der Waals surface area contributed by atoms with E-state index in [0.717, 1.165) is 5.76 Å². The van der Waals surface area contributed by atoms with Crippen LogP contribution in [0.4, 0.5) is 0 Å². The van der Waals surface area contributed by atoms with E-state index < -0.39 is 8.32 Å². The summed E-state index contributed by atoms with van der Waals surface area (Å²) in [7, 11) is -1.65. The predicted molar refractivity (Wildman–Crippen MR) is 58.5 cm³/mol. The van der Waals surface area contributed by atoms with Crippen LogP contribution in [0.3, 0.4) is 0 Å². The highest BCUT2D eigenvalue weighted by Gasteiger charge is 2.37. The second-order valence-corrected chi connectivity index (χ2v) is 9.83. The molecular formula is C10H19NO2Si. The highest BCUT2D eigenvalue weighted by molar-refractivity contribution is 6.74. The molecule has 0 radical (unpaired) electrons. The molecule has 0 atom stereocenters. The molecule has 80 valence electrons. The molecule has 3 nitrogen and oxygen atoms in total. The van der Waals surface area contributed by atoms with E-state index in [0.29, 0.717) is 6.61 Å². The van der Waals surface area contributed by atoms with Gasteiger partial charge >= 0.3 is 0 Å². The Hall–Kier alpha value is -0.613. The van der Waals surface area contributed by atoms with Crippen LogP contribution in [0.1, 0.15) is 26.5 Å². The molecule has 0 aromatic carbocycles. The van der Waals surface area contributed by atoms with Gasteiger partial charge < -0.3 is 8.84 Å². The average molecular weight is 213 g/mol. The van der Waals surface area contributed by atoms with E-state index in [9.17, 15) is 0 Å². The van der Waals surface area contributed by atoms with Crippen LogP contribution in [0.5, 0.6) is 0 Å². The Morgan fingerprint density at radius 1 is 1.43 bits per heavy atom. The highest BCUT2D eigenvalue weighted by Crippen LogP contribution is 2.36. The van der Waals surface area contributed by atoms with Crippen molar-refractivity contribution in [3.05, 3.63) is 18.4 Å². The number of aromatic nitrogens is 1. The van der Waals surface area contributed by atoms with Gasteiger partial charge in [0.1, 0.15) is 5.76 Å². The monoisotopic (exact) mass is 213 g/mol. The molecule has 1 rings (SSSR count). The van der Waals surface area contributed by atoms with Gasteiger partial charge in [-0.2, -0.15) is 0 Å². The fourth-order valence-electron chi connectivity index (χ4n) is 0.781. The maximum atomic E-state index is 5.94. The van der Waals surface area contributed by atoms with E-state index in [4.69, 9.17) is 8.84 Å². The maximum absolute atomic E-state index is 5.94. The second-order valence-electron chi connectivity index (χ2n) is 5.02. The summed E-state index contributed by atoms with van der Waals surface area (Å²) in [4.78, 5) is 3.85. The van der Waals surface area contributed by atoms with E-state index in [2.05, 4.69) is 38.8 Å². The Labute approximate surface area is 86.6 Å². The molecule has 1 aromatic rings. The number of rotatable bonds is 3. The third kappa shape index (κ3) is 2.69. The zero-order chi connectivity index (χ0) is 10.8. The molecule has 0 spiro atoms. The van der Waals surface area contributed by atoms with Gasteiger partial charge in [0, 0.05) is 0 Å². The summed E-state index contributed by atoms with van der Waals surface area (Å²) in [5.41, 5.74) is 0. The Morgan fingerprint density at radius 3 is 2.50 bits per heavy atom. The van der Waals surface area contributed by atoms with Crippen molar-refractivity contribution >= 4 is 8.32 Å². The van der Waals surface area contributed by atoms with E-state index in [1.165, 1.54) is 6.39 Å². The Kier molecular flexibility index (Phi) is 3.16. The molecule has 0 saturated carbocycles. The molecule has 0 saturated heterocycles. The standard InChI is InChI=1S/C10H19NO2Si/c1-10(2,3)14(4,5)13-7-9-6-11-8-12-9/h6,8H,7H2,1-5H3. The molecule has 0 aliphatic carbocycles. The van der Waals surface area contributed by atoms with E-state index >= 15 is 0 Å². The first-order chi connectivity index (χ1) is 6.33. The minimum Gasteiger partial charge on any atom is -0.446 e. The van der Waals surface area contributed by atoms with Gasteiger partial charge in [0.05, 0.1) is 12.8 Å². The number of oxazole rings is 1. The maximum Gasteiger partial charge on any atom is 0.192 e. The highest BCUT2D eigenvalue weighted by atomic mass is 28.4. The minimum atomic E-state index is -1.65. The summed E-state index contributed by atoms with van der Waals surface area (Å²) in [6.45, 7) is 11.7. The van der Waals surface area contributed by atoms with Crippen molar-refractivity contribution in [3.8, 4) is 0 Å². The normalized spacial score (nSPS) is 13.2. The third-order valence-corrected chi connectivity index (χ3v) is 7.34. The molecule has 14 heavy (non-hydrogen) atoms. The summed E-state index contributed by atoms with van der Waals surface area (Å²) in [5, 5.41) is 0.243. The summed E-state index contributed by atoms with van der Waals surface area (Å²) in [6.07, 6.45) is 3.14. The van der Waals surface area contributed by atoms with Gasteiger partial charge in [0.2, 0.25) is 0 Å². The zero-order valence-corrected chi connectivity index (χ0v) is 10.6. The van der Waals surface area contributed by atoms with Crippen LogP contribution < -0.4 is 0 Å². The van der Waals surface area contributed by atoms with Crippen molar-refractivity contribution in [1.82, 2.24) is 4.98 Å². The van der Waals surface area contributed by atoms with Crippen LogP contribution in [0.2, 0.25) is 18.1 Å². The van der Waals surface area contributed by atoms with E-state index in [-0.39, 0.29) is 5.04 Å². The Morgan fingerprint density at radius 2 is 2.07 bits per heavy atom. The number of nitrogens with zero attached hydrogens (tertiary/aromatic N) is 1. The van der Waals surface area contributed by atoms with Gasteiger partial charge in [-0.25, -0.2) is 4.98 Å².